The Morgan fingerprint density at radius 1 is 1.33 bits per heavy atom. The van der Waals surface area contributed by atoms with Crippen molar-refractivity contribution in [2.45, 2.75) is 13.0 Å². The first kappa shape index (κ1) is 13.0. The highest BCUT2D eigenvalue weighted by atomic mass is 16.4. The minimum Gasteiger partial charge on any atom is -0.480 e. The normalized spacial score (nSPS) is 18.7. The SMILES string of the molecule is Cn1cnnc1CN1CCCN(CC(=O)O)CC1. The molecule has 1 aromatic heterocycles. The molecule has 0 unspecified atom stereocenters. The third-order valence-electron chi connectivity index (χ3n) is 3.21. The van der Waals surface area contributed by atoms with Crippen LogP contribution in [-0.2, 0) is 18.4 Å². The Morgan fingerprint density at radius 3 is 2.72 bits per heavy atom. The molecule has 1 fully saturated rings. The molecule has 1 N–H and O–H groups in total. The summed E-state index contributed by atoms with van der Waals surface area (Å²) in [7, 11) is 1.93. The second-order valence-electron chi connectivity index (χ2n) is 4.66. The fourth-order valence-electron chi connectivity index (χ4n) is 2.18. The highest BCUT2D eigenvalue weighted by Crippen LogP contribution is 2.06. The number of carboxylic acids is 1. The zero-order valence-corrected chi connectivity index (χ0v) is 10.6. The topological polar surface area (TPSA) is 74.5 Å². The lowest BCUT2D eigenvalue weighted by atomic mass is 10.3. The molecule has 0 amide bonds. The number of rotatable bonds is 4. The predicted molar refractivity (Wildman–Crippen MR) is 65.0 cm³/mol. The van der Waals surface area contributed by atoms with Crippen LogP contribution in [0.5, 0.6) is 0 Å². The van der Waals surface area contributed by atoms with Crippen LogP contribution in [0.25, 0.3) is 0 Å². The van der Waals surface area contributed by atoms with Crippen LogP contribution in [-0.4, -0.2) is 68.4 Å². The van der Waals surface area contributed by atoms with Crippen LogP contribution in [0, 0.1) is 0 Å². The Bertz CT molecular complexity index is 406. The molecule has 2 rings (SSSR count). The van der Waals surface area contributed by atoms with Gasteiger partial charge in [-0.3, -0.25) is 14.6 Å². The van der Waals surface area contributed by atoms with Gasteiger partial charge in [0.1, 0.15) is 12.2 Å². The van der Waals surface area contributed by atoms with Crippen molar-refractivity contribution in [3.8, 4) is 0 Å². The van der Waals surface area contributed by atoms with Gasteiger partial charge >= 0.3 is 5.97 Å². The van der Waals surface area contributed by atoms with Crippen LogP contribution in [0.1, 0.15) is 12.2 Å². The summed E-state index contributed by atoms with van der Waals surface area (Å²) >= 11 is 0. The minimum atomic E-state index is -0.753. The maximum absolute atomic E-state index is 10.7. The molecule has 100 valence electrons. The second-order valence-corrected chi connectivity index (χ2v) is 4.66. The van der Waals surface area contributed by atoms with Gasteiger partial charge in [-0.25, -0.2) is 0 Å². The van der Waals surface area contributed by atoms with Gasteiger partial charge in [0.15, 0.2) is 0 Å². The molecule has 7 heteroatoms. The predicted octanol–water partition coefficient (Wildman–Crippen LogP) is -0.593. The monoisotopic (exact) mass is 253 g/mol. The van der Waals surface area contributed by atoms with E-state index in [-0.39, 0.29) is 6.54 Å². The van der Waals surface area contributed by atoms with Crippen molar-refractivity contribution in [1.29, 1.82) is 0 Å². The van der Waals surface area contributed by atoms with E-state index in [1.807, 2.05) is 16.5 Å². The molecule has 0 saturated carbocycles. The Balaban J connectivity index is 1.85. The van der Waals surface area contributed by atoms with Gasteiger partial charge in [-0.05, 0) is 13.0 Å². The fourth-order valence-corrected chi connectivity index (χ4v) is 2.18. The zero-order valence-electron chi connectivity index (χ0n) is 10.6. The molecule has 0 bridgehead atoms. The number of hydrogen-bond donors (Lipinski definition) is 1. The summed E-state index contributed by atoms with van der Waals surface area (Å²) in [6, 6.07) is 0. The summed E-state index contributed by atoms with van der Waals surface area (Å²) in [5.74, 6) is 0.193. The summed E-state index contributed by atoms with van der Waals surface area (Å²) in [4.78, 5) is 15.0. The van der Waals surface area contributed by atoms with Crippen molar-refractivity contribution < 1.29 is 9.90 Å². The molecular formula is C11H19N5O2. The molecule has 0 aliphatic carbocycles. The number of aromatic nitrogens is 3. The van der Waals surface area contributed by atoms with Crippen LogP contribution in [0.4, 0.5) is 0 Å². The summed E-state index contributed by atoms with van der Waals surface area (Å²) in [5, 5.41) is 16.7. The first-order valence-electron chi connectivity index (χ1n) is 6.14. The molecule has 0 aromatic carbocycles. The Kier molecular flexibility index (Phi) is 4.27. The van der Waals surface area contributed by atoms with Gasteiger partial charge in [-0.1, -0.05) is 0 Å². The maximum Gasteiger partial charge on any atom is 0.317 e. The highest BCUT2D eigenvalue weighted by molar-refractivity contribution is 5.69. The van der Waals surface area contributed by atoms with Crippen molar-refractivity contribution in [2.24, 2.45) is 7.05 Å². The second kappa shape index (κ2) is 5.92. The summed E-state index contributed by atoms with van der Waals surface area (Å²) in [6.45, 7) is 4.41. The standard InChI is InChI=1S/C11H19N5O2/c1-14-9-12-13-10(14)7-15-3-2-4-16(6-5-15)8-11(17)18/h9H,2-8H2,1H3,(H,17,18). The molecule has 0 spiro atoms. The first-order chi connectivity index (χ1) is 8.65. The van der Waals surface area contributed by atoms with E-state index >= 15 is 0 Å². The van der Waals surface area contributed by atoms with Gasteiger partial charge in [0.05, 0.1) is 13.1 Å². The Morgan fingerprint density at radius 2 is 2.06 bits per heavy atom. The zero-order chi connectivity index (χ0) is 13.0. The van der Waals surface area contributed by atoms with Crippen LogP contribution in [0.2, 0.25) is 0 Å². The molecule has 1 aromatic rings. The van der Waals surface area contributed by atoms with Crippen molar-refractivity contribution in [1.82, 2.24) is 24.6 Å². The number of aliphatic carboxylic acids is 1. The van der Waals surface area contributed by atoms with Gasteiger partial charge in [-0.15, -0.1) is 10.2 Å². The lowest BCUT2D eigenvalue weighted by Crippen LogP contribution is -2.34. The lowest BCUT2D eigenvalue weighted by Gasteiger charge is -2.20. The van der Waals surface area contributed by atoms with Gasteiger partial charge in [0, 0.05) is 26.7 Å². The van der Waals surface area contributed by atoms with Crippen LogP contribution >= 0.6 is 0 Å². The average molecular weight is 253 g/mol. The van der Waals surface area contributed by atoms with E-state index in [1.54, 1.807) is 6.33 Å². The molecule has 0 radical (unpaired) electrons. The third kappa shape index (κ3) is 3.51. The molecule has 1 saturated heterocycles. The summed E-state index contributed by atoms with van der Waals surface area (Å²) < 4.78 is 1.92. The van der Waals surface area contributed by atoms with Gasteiger partial charge in [0.2, 0.25) is 0 Å². The Hall–Kier alpha value is -1.47. The van der Waals surface area contributed by atoms with E-state index in [9.17, 15) is 4.79 Å². The third-order valence-corrected chi connectivity index (χ3v) is 3.21. The Labute approximate surface area is 106 Å². The maximum atomic E-state index is 10.7. The fraction of sp³-hybridized carbons (Fsp3) is 0.727. The smallest absolute Gasteiger partial charge is 0.317 e. The van der Waals surface area contributed by atoms with E-state index in [2.05, 4.69) is 15.1 Å². The molecule has 1 aliphatic heterocycles. The van der Waals surface area contributed by atoms with Gasteiger partial charge in [-0.2, -0.15) is 0 Å². The van der Waals surface area contributed by atoms with Crippen molar-refractivity contribution >= 4 is 5.97 Å². The summed E-state index contributed by atoms with van der Waals surface area (Å²) in [6.07, 6.45) is 2.69. The van der Waals surface area contributed by atoms with Crippen LogP contribution in [0.15, 0.2) is 6.33 Å². The van der Waals surface area contributed by atoms with Gasteiger partial charge < -0.3 is 9.67 Å². The molecule has 7 nitrogen and oxygen atoms in total. The van der Waals surface area contributed by atoms with Crippen LogP contribution in [0.3, 0.4) is 0 Å². The quantitative estimate of drug-likeness (QED) is 0.773. The van der Waals surface area contributed by atoms with E-state index in [4.69, 9.17) is 5.11 Å². The van der Waals surface area contributed by atoms with E-state index in [1.165, 1.54) is 0 Å². The average Bonchev–Trinajstić information content (AvgIpc) is 2.58. The molecule has 2 heterocycles. The van der Waals surface area contributed by atoms with Gasteiger partial charge in [0.25, 0.3) is 0 Å². The minimum absolute atomic E-state index is 0.137. The molecule has 1 aliphatic rings. The number of carbonyl (C=O) groups is 1. The van der Waals surface area contributed by atoms with Crippen molar-refractivity contribution in [3.63, 3.8) is 0 Å². The van der Waals surface area contributed by atoms with E-state index in [0.717, 1.165) is 45.0 Å². The largest absolute Gasteiger partial charge is 0.480 e. The molecule has 0 atom stereocenters. The van der Waals surface area contributed by atoms with Crippen LogP contribution < -0.4 is 0 Å². The molecular weight excluding hydrogens is 234 g/mol. The number of carboxylic acid groups (broad SMARTS) is 1. The molecule has 18 heavy (non-hydrogen) atoms. The number of nitrogens with zero attached hydrogens (tertiary/aromatic N) is 5. The summed E-state index contributed by atoms with van der Waals surface area (Å²) in [5.41, 5.74) is 0. The van der Waals surface area contributed by atoms with E-state index < -0.39 is 5.97 Å². The van der Waals surface area contributed by atoms with Crippen molar-refractivity contribution in [3.05, 3.63) is 12.2 Å². The highest BCUT2D eigenvalue weighted by Gasteiger charge is 2.17. The number of aryl methyl sites for hydroxylation is 1. The first-order valence-corrected chi connectivity index (χ1v) is 6.14. The lowest BCUT2D eigenvalue weighted by molar-refractivity contribution is -0.138. The van der Waals surface area contributed by atoms with Crippen molar-refractivity contribution in [2.75, 3.05) is 32.7 Å². The van der Waals surface area contributed by atoms with E-state index in [0.29, 0.717) is 0 Å². The number of hydrogen-bond acceptors (Lipinski definition) is 5.